The molecular weight excluding hydrogens is 342 g/mol. The summed E-state index contributed by atoms with van der Waals surface area (Å²) >= 11 is 0. The van der Waals surface area contributed by atoms with Gasteiger partial charge in [0.25, 0.3) is 0 Å². The number of unbranched alkanes of at least 4 members (excludes halogenated alkanes) is 3. The number of aliphatic hydroxyl groups is 1. The standard InChI is InChI=1S/C22H35NO4/c1-3-5-8-11-18(4-2)20(24)15-13-19-14-16-21(25)23(19)17-10-7-6-9-12-22(26)27/h13,15,18-20,24H,3-4,6-7,9-12,14,16-17H2,1-2H3,(H,26,27)/b15-13+/t18-,19-,20+/m0/s1. The van der Waals surface area contributed by atoms with Crippen molar-refractivity contribution in [3.63, 3.8) is 0 Å². The minimum absolute atomic E-state index is 0.0606. The van der Waals surface area contributed by atoms with Gasteiger partial charge in [0, 0.05) is 32.2 Å². The quantitative estimate of drug-likeness (QED) is 0.308. The molecular formula is C22H35NO4. The number of nitrogens with zero attached hydrogens (tertiary/aromatic N) is 1. The Bertz CT molecular complexity index is 546. The van der Waals surface area contributed by atoms with Crippen molar-refractivity contribution in [3.05, 3.63) is 12.2 Å². The average Bonchev–Trinajstić information content (AvgIpc) is 2.99. The Morgan fingerprint density at radius 1 is 1.26 bits per heavy atom. The monoisotopic (exact) mass is 377 g/mol. The molecule has 0 spiro atoms. The summed E-state index contributed by atoms with van der Waals surface area (Å²) < 4.78 is 0. The van der Waals surface area contributed by atoms with Crippen molar-refractivity contribution in [1.82, 2.24) is 4.90 Å². The zero-order chi connectivity index (χ0) is 20.1. The van der Waals surface area contributed by atoms with Gasteiger partial charge in [-0.05, 0) is 31.6 Å². The number of aliphatic carboxylic acids is 1. The molecule has 0 aliphatic carbocycles. The maximum atomic E-state index is 12.1. The molecule has 5 nitrogen and oxygen atoms in total. The molecule has 0 unspecified atom stereocenters. The minimum atomic E-state index is -0.750. The van der Waals surface area contributed by atoms with Gasteiger partial charge in [0.15, 0.2) is 0 Å². The van der Waals surface area contributed by atoms with Crippen LogP contribution in [0.4, 0.5) is 0 Å². The largest absolute Gasteiger partial charge is 0.481 e. The van der Waals surface area contributed by atoms with Crippen LogP contribution >= 0.6 is 0 Å². The highest BCUT2D eigenvalue weighted by Crippen LogP contribution is 2.22. The third kappa shape index (κ3) is 9.10. The van der Waals surface area contributed by atoms with Gasteiger partial charge < -0.3 is 15.1 Å². The van der Waals surface area contributed by atoms with Crippen LogP contribution in [0.3, 0.4) is 0 Å². The third-order valence-electron chi connectivity index (χ3n) is 5.12. The van der Waals surface area contributed by atoms with Crippen molar-refractivity contribution in [3.8, 4) is 11.8 Å². The minimum Gasteiger partial charge on any atom is -0.481 e. The number of carboxylic acid groups (broad SMARTS) is 1. The van der Waals surface area contributed by atoms with Crippen molar-refractivity contribution in [1.29, 1.82) is 0 Å². The fraction of sp³-hybridized carbons (Fsp3) is 0.727. The van der Waals surface area contributed by atoms with Crippen molar-refractivity contribution in [2.75, 3.05) is 6.54 Å². The van der Waals surface area contributed by atoms with E-state index < -0.39 is 12.1 Å². The topological polar surface area (TPSA) is 77.8 Å². The SMILES string of the molecule is CCC#CC[C@H](CC)[C@H](O)/C=C/[C@H]1CCC(=O)N1CCCCCCC(=O)O. The van der Waals surface area contributed by atoms with Crippen LogP contribution in [-0.2, 0) is 9.59 Å². The van der Waals surface area contributed by atoms with E-state index >= 15 is 0 Å². The summed E-state index contributed by atoms with van der Waals surface area (Å²) in [5.74, 6) is 5.71. The van der Waals surface area contributed by atoms with E-state index in [0.717, 1.165) is 38.5 Å². The van der Waals surface area contributed by atoms with Crippen LogP contribution in [0.1, 0.15) is 78.1 Å². The molecule has 3 atom stereocenters. The first kappa shape index (κ1) is 23.2. The van der Waals surface area contributed by atoms with Gasteiger partial charge in [-0.2, -0.15) is 0 Å². The van der Waals surface area contributed by atoms with Gasteiger partial charge in [-0.25, -0.2) is 0 Å². The lowest BCUT2D eigenvalue weighted by Crippen LogP contribution is -2.33. The maximum absolute atomic E-state index is 12.1. The molecule has 2 N–H and O–H groups in total. The summed E-state index contributed by atoms with van der Waals surface area (Å²) in [6.07, 6.45) is 10.7. The van der Waals surface area contributed by atoms with Gasteiger partial charge in [0.05, 0.1) is 12.1 Å². The first-order valence-electron chi connectivity index (χ1n) is 10.3. The number of amides is 1. The Labute approximate surface area is 163 Å². The molecule has 152 valence electrons. The molecule has 1 aliphatic rings. The first-order valence-corrected chi connectivity index (χ1v) is 10.3. The van der Waals surface area contributed by atoms with Crippen molar-refractivity contribution >= 4 is 11.9 Å². The second-order valence-corrected chi connectivity index (χ2v) is 7.21. The van der Waals surface area contributed by atoms with Crippen molar-refractivity contribution in [2.24, 2.45) is 5.92 Å². The summed E-state index contributed by atoms with van der Waals surface area (Å²) in [5.41, 5.74) is 0. The zero-order valence-corrected chi connectivity index (χ0v) is 16.8. The van der Waals surface area contributed by atoms with Gasteiger partial charge in [0.1, 0.15) is 0 Å². The molecule has 1 amide bonds. The van der Waals surface area contributed by atoms with Gasteiger partial charge in [0.2, 0.25) is 5.91 Å². The number of carbonyl (C=O) groups is 2. The van der Waals surface area contributed by atoms with Crippen LogP contribution in [0.2, 0.25) is 0 Å². The lowest BCUT2D eigenvalue weighted by atomic mass is 9.95. The van der Waals surface area contributed by atoms with Gasteiger partial charge in [-0.1, -0.05) is 38.8 Å². The maximum Gasteiger partial charge on any atom is 0.303 e. The predicted molar refractivity (Wildman–Crippen MR) is 107 cm³/mol. The normalized spacial score (nSPS) is 19.1. The number of hydrogen-bond donors (Lipinski definition) is 2. The highest BCUT2D eigenvalue weighted by Gasteiger charge is 2.28. The lowest BCUT2D eigenvalue weighted by molar-refractivity contribution is -0.137. The number of aliphatic hydroxyl groups excluding tert-OH is 1. The number of carboxylic acids is 1. The Kier molecular flexibility index (Phi) is 11.5. The van der Waals surface area contributed by atoms with Crippen LogP contribution in [-0.4, -0.2) is 45.7 Å². The summed E-state index contributed by atoms with van der Waals surface area (Å²) in [4.78, 5) is 24.5. The molecule has 1 fully saturated rings. The van der Waals surface area contributed by atoms with Crippen LogP contribution in [0, 0.1) is 17.8 Å². The average molecular weight is 378 g/mol. The molecule has 1 heterocycles. The highest BCUT2D eigenvalue weighted by atomic mass is 16.4. The van der Waals surface area contributed by atoms with E-state index in [-0.39, 0.29) is 24.3 Å². The first-order chi connectivity index (χ1) is 13.0. The molecule has 0 aromatic rings. The molecule has 0 saturated carbocycles. The van der Waals surface area contributed by atoms with Gasteiger partial charge in [-0.3, -0.25) is 9.59 Å². The van der Waals surface area contributed by atoms with E-state index in [9.17, 15) is 14.7 Å². The van der Waals surface area contributed by atoms with E-state index in [2.05, 4.69) is 18.8 Å². The van der Waals surface area contributed by atoms with E-state index in [1.807, 2.05) is 24.0 Å². The summed E-state index contributed by atoms with van der Waals surface area (Å²) in [7, 11) is 0. The van der Waals surface area contributed by atoms with Gasteiger partial charge in [-0.15, -0.1) is 11.8 Å². The second kappa shape index (κ2) is 13.4. The molecule has 0 aromatic heterocycles. The van der Waals surface area contributed by atoms with Crippen molar-refractivity contribution in [2.45, 2.75) is 90.2 Å². The lowest BCUT2D eigenvalue weighted by Gasteiger charge is -2.23. The summed E-state index contributed by atoms with van der Waals surface area (Å²) in [6, 6.07) is 0.0606. The van der Waals surface area contributed by atoms with E-state index in [1.165, 1.54) is 0 Å². The van der Waals surface area contributed by atoms with Gasteiger partial charge >= 0.3 is 5.97 Å². The molecule has 1 aliphatic heterocycles. The number of carbonyl (C=O) groups excluding carboxylic acids is 1. The molecule has 0 aromatic carbocycles. The van der Waals surface area contributed by atoms with Crippen LogP contribution < -0.4 is 0 Å². The predicted octanol–water partition coefficient (Wildman–Crippen LogP) is 3.76. The molecule has 0 bridgehead atoms. The molecule has 1 rings (SSSR count). The van der Waals surface area contributed by atoms with Crippen molar-refractivity contribution < 1.29 is 19.8 Å². The highest BCUT2D eigenvalue weighted by molar-refractivity contribution is 5.79. The van der Waals surface area contributed by atoms with E-state index in [4.69, 9.17) is 5.11 Å². The molecule has 0 radical (unpaired) electrons. The van der Waals surface area contributed by atoms with Crippen LogP contribution in [0.25, 0.3) is 0 Å². The van der Waals surface area contributed by atoms with E-state index in [0.29, 0.717) is 25.8 Å². The Morgan fingerprint density at radius 3 is 2.67 bits per heavy atom. The summed E-state index contributed by atoms with van der Waals surface area (Å²) in [6.45, 7) is 4.78. The second-order valence-electron chi connectivity index (χ2n) is 7.21. The Morgan fingerprint density at radius 2 is 2.00 bits per heavy atom. The number of rotatable bonds is 12. The van der Waals surface area contributed by atoms with E-state index in [1.54, 1.807) is 0 Å². The summed E-state index contributed by atoms with van der Waals surface area (Å²) in [5, 5.41) is 19.1. The fourth-order valence-electron chi connectivity index (χ4n) is 3.39. The zero-order valence-electron chi connectivity index (χ0n) is 16.8. The smallest absolute Gasteiger partial charge is 0.303 e. The third-order valence-corrected chi connectivity index (χ3v) is 5.12. The number of likely N-dealkylation sites (tertiary alicyclic amines) is 1. The van der Waals surface area contributed by atoms with Crippen LogP contribution in [0.15, 0.2) is 12.2 Å². The molecule has 1 saturated heterocycles. The fourth-order valence-corrected chi connectivity index (χ4v) is 3.39. The number of hydrogen-bond acceptors (Lipinski definition) is 3. The molecule has 5 heteroatoms. The Hall–Kier alpha value is -1.80. The van der Waals surface area contributed by atoms with Crippen LogP contribution in [0.5, 0.6) is 0 Å². The molecule has 27 heavy (non-hydrogen) atoms. The Balaban J connectivity index is 2.45.